The molecule has 0 unspecified atom stereocenters. The number of nitrogens with two attached hydrogens (primary N) is 2. The summed E-state index contributed by atoms with van der Waals surface area (Å²) in [6.07, 6.45) is 0. The molecule has 0 amide bonds. The molecular formula is C48H79BrN4O10S. The van der Waals surface area contributed by atoms with Gasteiger partial charge in [0.15, 0.2) is 0 Å². The van der Waals surface area contributed by atoms with Gasteiger partial charge in [-0.05, 0) is 119 Å². The van der Waals surface area contributed by atoms with Crippen molar-refractivity contribution >= 4 is 47.3 Å². The fourth-order valence-electron chi connectivity index (χ4n) is 4.69. The number of aliphatic carboxylic acids is 3. The zero-order valence-corrected chi connectivity index (χ0v) is 39.6. The van der Waals surface area contributed by atoms with E-state index in [0.29, 0.717) is 0 Å². The Balaban J connectivity index is -0.000000230. The third-order valence-electron chi connectivity index (χ3n) is 8.60. The van der Waals surface area contributed by atoms with Crippen LogP contribution < -0.4 is 41.0 Å². The van der Waals surface area contributed by atoms with Crippen LogP contribution in [0.3, 0.4) is 0 Å². The number of carboxylic acid groups (broad SMARTS) is 3. The summed E-state index contributed by atoms with van der Waals surface area (Å²) in [7, 11) is 6.54. The molecule has 0 radical (unpaired) electrons. The lowest BCUT2D eigenvalue weighted by Gasteiger charge is -2.17. The van der Waals surface area contributed by atoms with E-state index in [2.05, 4.69) is 26.6 Å². The van der Waals surface area contributed by atoms with Crippen molar-refractivity contribution in [2.24, 2.45) is 11.5 Å². The highest BCUT2D eigenvalue weighted by molar-refractivity contribution is 9.10. The number of methoxy groups -OCH3 is 4. The van der Waals surface area contributed by atoms with Crippen LogP contribution in [0.2, 0.25) is 0 Å². The predicted octanol–water partition coefficient (Wildman–Crippen LogP) is 9.94. The lowest BCUT2D eigenvalue weighted by Crippen LogP contribution is -2.35. The Hall–Kier alpha value is -4.84. The van der Waals surface area contributed by atoms with Crippen molar-refractivity contribution in [3.8, 4) is 23.0 Å². The number of rotatable bonds is 15. The van der Waals surface area contributed by atoms with E-state index in [9.17, 15) is 14.4 Å². The van der Waals surface area contributed by atoms with E-state index in [4.69, 9.17) is 45.7 Å². The quantitative estimate of drug-likeness (QED) is 0.0551. The molecule has 0 aliphatic heterocycles. The minimum Gasteiger partial charge on any atom is -0.497 e. The second-order valence-electron chi connectivity index (χ2n) is 13.5. The summed E-state index contributed by atoms with van der Waals surface area (Å²) in [5, 5.41) is 31.5. The molecule has 16 heteroatoms. The first-order valence-electron chi connectivity index (χ1n) is 19.1. The normalized spacial score (nSPS) is 12.7. The molecule has 0 saturated heterocycles. The summed E-state index contributed by atoms with van der Waals surface area (Å²) in [5.74, 6) is 0.809. The van der Waals surface area contributed by atoms with Crippen molar-refractivity contribution in [1.82, 2.24) is 10.6 Å². The molecule has 0 fully saturated rings. The Labute approximate surface area is 399 Å². The first-order chi connectivity index (χ1) is 28.2. The van der Waals surface area contributed by atoms with Gasteiger partial charge in [0.25, 0.3) is 0 Å². The summed E-state index contributed by atoms with van der Waals surface area (Å²) in [5.41, 5.74) is 15.7. The van der Waals surface area contributed by atoms with Crippen LogP contribution in [0.15, 0.2) is 97.1 Å². The molecule has 0 bridgehead atoms. The zero-order chi connectivity index (χ0) is 45.9. The molecule has 14 nitrogen and oxygen atoms in total. The molecule has 4 aromatic rings. The van der Waals surface area contributed by atoms with E-state index >= 15 is 0 Å². The van der Waals surface area contributed by atoms with Gasteiger partial charge in [-0.1, -0.05) is 86.7 Å². The van der Waals surface area contributed by atoms with E-state index in [0.717, 1.165) is 45.3 Å². The van der Waals surface area contributed by atoms with Gasteiger partial charge in [0.05, 0.1) is 28.4 Å². The summed E-state index contributed by atoms with van der Waals surface area (Å²) in [6, 6.07) is 29.8. The monoisotopic (exact) mass is 982 g/mol. The summed E-state index contributed by atoms with van der Waals surface area (Å²) in [6.45, 7) is 12.6. The largest absolute Gasteiger partial charge is 0.497 e. The lowest BCUT2D eigenvalue weighted by molar-refractivity contribution is -0.140. The summed E-state index contributed by atoms with van der Waals surface area (Å²) in [4.78, 5) is 30.6. The van der Waals surface area contributed by atoms with E-state index in [1.165, 1.54) is 0 Å². The molecule has 0 saturated carbocycles. The van der Waals surface area contributed by atoms with E-state index < -0.39 is 34.8 Å². The maximum Gasteiger partial charge on any atom is 0.320 e. The molecule has 7 atom stereocenters. The maximum absolute atomic E-state index is 10.7. The molecule has 0 spiro atoms. The number of ether oxygens (including phenoxy) is 4. The molecule has 4 aromatic carbocycles. The van der Waals surface area contributed by atoms with Gasteiger partial charge in [0.1, 0.15) is 39.9 Å². The minimum atomic E-state index is -0.847. The Morgan fingerprint density at radius 1 is 0.453 bits per heavy atom. The molecule has 64 heavy (non-hydrogen) atoms. The highest BCUT2D eigenvalue weighted by Crippen LogP contribution is 2.19. The van der Waals surface area contributed by atoms with Crippen molar-refractivity contribution in [2.75, 3.05) is 28.4 Å². The average molecular weight is 984 g/mol. The molecular weight excluding hydrogens is 905 g/mol. The van der Waals surface area contributed by atoms with Gasteiger partial charge in [-0.2, -0.15) is 13.5 Å². The van der Waals surface area contributed by atoms with Gasteiger partial charge >= 0.3 is 17.9 Å². The van der Waals surface area contributed by atoms with Gasteiger partial charge < -0.3 is 45.7 Å². The Bertz CT molecular complexity index is 1660. The average Bonchev–Trinajstić information content (AvgIpc) is 3.24. The molecule has 4 rings (SSSR count). The number of alkyl halides is 1. The molecule has 0 aliphatic carbocycles. The molecule has 0 aromatic heterocycles. The first kappa shape index (κ1) is 68.2. The van der Waals surface area contributed by atoms with Crippen molar-refractivity contribution in [1.29, 1.82) is 0 Å². The Kier molecular flexibility index (Phi) is 40.0. The summed E-state index contributed by atoms with van der Waals surface area (Å²) < 4.78 is 20.1. The van der Waals surface area contributed by atoms with Crippen molar-refractivity contribution in [3.05, 3.63) is 119 Å². The Morgan fingerprint density at radius 3 is 0.781 bits per heavy atom. The second-order valence-corrected chi connectivity index (χ2v) is 14.9. The lowest BCUT2D eigenvalue weighted by atomic mass is 10.1. The smallest absolute Gasteiger partial charge is 0.320 e. The topological polar surface area (TPSA) is 225 Å². The van der Waals surface area contributed by atoms with Crippen LogP contribution in [0, 0.1) is 0 Å². The highest BCUT2D eigenvalue weighted by atomic mass is 79.9. The predicted molar refractivity (Wildman–Crippen MR) is 271 cm³/mol. The van der Waals surface area contributed by atoms with E-state index in [-0.39, 0.29) is 59.9 Å². The van der Waals surface area contributed by atoms with Gasteiger partial charge in [-0.3, -0.25) is 25.0 Å². The van der Waals surface area contributed by atoms with Crippen molar-refractivity contribution in [3.63, 3.8) is 0 Å². The molecule has 364 valence electrons. The van der Waals surface area contributed by atoms with E-state index in [1.807, 2.05) is 125 Å². The highest BCUT2D eigenvalue weighted by Gasteiger charge is 2.16. The van der Waals surface area contributed by atoms with Gasteiger partial charge in [-0.15, -0.1) is 0 Å². The van der Waals surface area contributed by atoms with E-state index in [1.54, 1.807) is 49.2 Å². The number of nitrogens with one attached hydrogen (secondary N) is 2. The second kappa shape index (κ2) is 37.5. The van der Waals surface area contributed by atoms with Crippen molar-refractivity contribution in [2.45, 2.75) is 112 Å². The first-order valence-corrected chi connectivity index (χ1v) is 20.0. The number of carboxylic acids is 3. The van der Waals surface area contributed by atoms with Crippen LogP contribution in [-0.2, 0) is 14.4 Å². The number of hydrogen-bond acceptors (Lipinski definition) is 11. The maximum atomic E-state index is 10.7. The van der Waals surface area contributed by atoms with Crippen LogP contribution >= 0.6 is 29.4 Å². The van der Waals surface area contributed by atoms with Crippen LogP contribution in [-0.4, -0.2) is 78.6 Å². The number of carbonyl (C=O) groups is 3. The fraction of sp³-hybridized carbons (Fsp3) is 0.438. The third-order valence-corrected chi connectivity index (χ3v) is 8.99. The van der Waals surface area contributed by atoms with Gasteiger partial charge in [-0.25, -0.2) is 0 Å². The minimum absolute atomic E-state index is 0. The zero-order valence-electron chi connectivity index (χ0n) is 37.0. The summed E-state index contributed by atoms with van der Waals surface area (Å²) >= 11 is 2.84. The van der Waals surface area contributed by atoms with Crippen LogP contribution in [0.25, 0.3) is 0 Å². The van der Waals surface area contributed by atoms with Crippen molar-refractivity contribution < 1.29 is 48.7 Å². The fourth-order valence-corrected chi connectivity index (χ4v) is 4.69. The van der Waals surface area contributed by atoms with Crippen LogP contribution in [0.5, 0.6) is 23.0 Å². The SMILES string of the molecule is C.C.C.COc1ccc([C@@H](C)N)cc1.COc1ccc([C@@H](C)N[C@@H](C)C(=O)O)cc1.COc1ccc([C@H](C)N)cc1.COc1ccc([C@H](C)N[C@@H](C)C(=O)O)cc1.C[C@@H](Br)C(=O)O.S. The standard InChI is InChI=1S/2C12H17NO3.2C9H13NO.C3H5BrO2.3CH4.H2S/c2*1-8(13-9(2)12(14)15)10-4-6-11(16-3)7-5-10;2*1-7(10)8-3-5-9(11-2)6-4-8;1-2(4)3(5)6;;;;/h2*4-9,13H,1-3H3,(H,14,15);2*3-7H,10H2,1-2H3;2H,1H3,(H,5,6);3*1H4;1H2/t8-,9+;8-,9-;2*7-;2-;;;;/m10101..../s1. The number of halogens is 1. The van der Waals surface area contributed by atoms with Crippen LogP contribution in [0.1, 0.15) is 117 Å². The van der Waals surface area contributed by atoms with Gasteiger partial charge in [0.2, 0.25) is 0 Å². The number of hydrogen-bond donors (Lipinski definition) is 7. The van der Waals surface area contributed by atoms with Crippen LogP contribution in [0.4, 0.5) is 0 Å². The number of benzene rings is 4. The molecule has 9 N–H and O–H groups in total. The molecule has 0 aliphatic rings. The third kappa shape index (κ3) is 28.8. The molecule has 0 heterocycles. The van der Waals surface area contributed by atoms with Gasteiger partial charge in [0, 0.05) is 24.2 Å². The Morgan fingerprint density at radius 2 is 0.641 bits per heavy atom.